The van der Waals surface area contributed by atoms with Crippen molar-refractivity contribution in [2.45, 2.75) is 6.92 Å². The van der Waals surface area contributed by atoms with Crippen molar-refractivity contribution in [3.05, 3.63) is 58.8 Å². The fourth-order valence-corrected chi connectivity index (χ4v) is 2.58. The molecule has 0 saturated heterocycles. The molecule has 22 heavy (non-hydrogen) atoms. The SMILES string of the molecule is Cc1ccc(-c2nc(C(=O)Nc3ccc(F)cc3F)cs2)o1. The first-order valence-electron chi connectivity index (χ1n) is 6.31. The van der Waals surface area contributed by atoms with Crippen LogP contribution in [0.2, 0.25) is 0 Å². The van der Waals surface area contributed by atoms with Gasteiger partial charge in [0.2, 0.25) is 0 Å². The van der Waals surface area contributed by atoms with Crippen LogP contribution in [0.4, 0.5) is 14.5 Å². The second-order valence-corrected chi connectivity index (χ2v) is 5.38. The maximum atomic E-state index is 13.5. The molecular formula is C15H10F2N2O2S. The molecule has 0 radical (unpaired) electrons. The molecule has 2 heterocycles. The Morgan fingerprint density at radius 2 is 2.09 bits per heavy atom. The average molecular weight is 320 g/mol. The number of aryl methyl sites for hydroxylation is 1. The molecule has 0 aliphatic heterocycles. The zero-order valence-electron chi connectivity index (χ0n) is 11.4. The summed E-state index contributed by atoms with van der Waals surface area (Å²) < 4.78 is 31.8. The van der Waals surface area contributed by atoms with Gasteiger partial charge in [-0.25, -0.2) is 13.8 Å². The summed E-state index contributed by atoms with van der Waals surface area (Å²) in [6.45, 7) is 1.81. The molecule has 1 amide bonds. The summed E-state index contributed by atoms with van der Waals surface area (Å²) >= 11 is 1.24. The van der Waals surface area contributed by atoms with Crippen LogP contribution in [0.25, 0.3) is 10.8 Å². The Balaban J connectivity index is 1.79. The van der Waals surface area contributed by atoms with Gasteiger partial charge in [-0.3, -0.25) is 4.79 Å². The highest BCUT2D eigenvalue weighted by atomic mass is 32.1. The number of furan rings is 1. The molecule has 0 atom stereocenters. The predicted octanol–water partition coefficient (Wildman–Crippen LogP) is 4.24. The van der Waals surface area contributed by atoms with Gasteiger partial charge in [-0.05, 0) is 31.2 Å². The van der Waals surface area contributed by atoms with E-state index in [0.717, 1.165) is 17.9 Å². The third kappa shape index (κ3) is 2.89. The van der Waals surface area contributed by atoms with E-state index in [1.54, 1.807) is 17.5 Å². The van der Waals surface area contributed by atoms with Crippen LogP contribution >= 0.6 is 11.3 Å². The van der Waals surface area contributed by atoms with Gasteiger partial charge in [-0.15, -0.1) is 11.3 Å². The van der Waals surface area contributed by atoms with Crippen LogP contribution in [0.15, 0.2) is 40.1 Å². The van der Waals surface area contributed by atoms with E-state index in [9.17, 15) is 13.6 Å². The average Bonchev–Trinajstić information content (AvgIpc) is 3.10. The fourth-order valence-electron chi connectivity index (χ4n) is 1.82. The van der Waals surface area contributed by atoms with E-state index in [-0.39, 0.29) is 11.4 Å². The van der Waals surface area contributed by atoms with Crippen molar-refractivity contribution in [1.29, 1.82) is 0 Å². The van der Waals surface area contributed by atoms with Gasteiger partial charge < -0.3 is 9.73 Å². The summed E-state index contributed by atoms with van der Waals surface area (Å²) in [5, 5.41) is 4.46. The Labute approximate surface area is 128 Å². The third-order valence-corrected chi connectivity index (χ3v) is 3.72. The molecule has 112 valence electrons. The molecular weight excluding hydrogens is 310 g/mol. The minimum atomic E-state index is -0.842. The summed E-state index contributed by atoms with van der Waals surface area (Å²) in [7, 11) is 0. The molecule has 0 spiro atoms. The van der Waals surface area contributed by atoms with Crippen LogP contribution in [0.5, 0.6) is 0 Å². The van der Waals surface area contributed by atoms with Gasteiger partial charge in [0.25, 0.3) is 5.91 Å². The monoisotopic (exact) mass is 320 g/mol. The third-order valence-electron chi connectivity index (χ3n) is 2.87. The number of nitrogens with zero attached hydrogens (tertiary/aromatic N) is 1. The maximum Gasteiger partial charge on any atom is 0.275 e. The van der Waals surface area contributed by atoms with E-state index in [0.29, 0.717) is 16.8 Å². The first-order chi connectivity index (χ1) is 10.5. The number of carbonyl (C=O) groups excluding carboxylic acids is 1. The highest BCUT2D eigenvalue weighted by molar-refractivity contribution is 7.13. The number of anilines is 1. The summed E-state index contributed by atoms with van der Waals surface area (Å²) in [4.78, 5) is 16.2. The van der Waals surface area contributed by atoms with Crippen molar-refractivity contribution >= 4 is 22.9 Å². The van der Waals surface area contributed by atoms with E-state index < -0.39 is 17.5 Å². The summed E-state index contributed by atoms with van der Waals surface area (Å²) in [6.07, 6.45) is 0. The first-order valence-corrected chi connectivity index (χ1v) is 7.19. The summed E-state index contributed by atoms with van der Waals surface area (Å²) in [5.41, 5.74) is 0.0348. The predicted molar refractivity (Wildman–Crippen MR) is 78.9 cm³/mol. The number of aromatic nitrogens is 1. The van der Waals surface area contributed by atoms with Crippen LogP contribution < -0.4 is 5.32 Å². The van der Waals surface area contributed by atoms with Crippen molar-refractivity contribution < 1.29 is 18.0 Å². The standard InChI is InChI=1S/C15H10F2N2O2S/c1-8-2-5-13(21-8)15-19-12(7-22-15)14(20)18-11-4-3-9(16)6-10(11)17/h2-7H,1H3,(H,18,20). The molecule has 2 aromatic heterocycles. The van der Waals surface area contributed by atoms with Gasteiger partial charge >= 0.3 is 0 Å². The van der Waals surface area contributed by atoms with Crippen molar-refractivity contribution in [1.82, 2.24) is 4.98 Å². The molecule has 3 aromatic rings. The van der Waals surface area contributed by atoms with Gasteiger partial charge in [0.1, 0.15) is 23.1 Å². The maximum absolute atomic E-state index is 13.5. The zero-order valence-corrected chi connectivity index (χ0v) is 12.2. The Morgan fingerprint density at radius 1 is 1.27 bits per heavy atom. The number of hydrogen-bond donors (Lipinski definition) is 1. The van der Waals surface area contributed by atoms with Crippen molar-refractivity contribution in [3.8, 4) is 10.8 Å². The number of carbonyl (C=O) groups is 1. The van der Waals surface area contributed by atoms with E-state index in [2.05, 4.69) is 10.3 Å². The van der Waals surface area contributed by atoms with Crippen LogP contribution in [-0.2, 0) is 0 Å². The number of amides is 1. The van der Waals surface area contributed by atoms with E-state index in [1.165, 1.54) is 11.3 Å². The molecule has 4 nitrogen and oxygen atoms in total. The number of rotatable bonds is 3. The number of halogens is 2. The lowest BCUT2D eigenvalue weighted by molar-refractivity contribution is 0.102. The molecule has 7 heteroatoms. The molecule has 0 bridgehead atoms. The highest BCUT2D eigenvalue weighted by Gasteiger charge is 2.15. The fraction of sp³-hybridized carbons (Fsp3) is 0.0667. The van der Waals surface area contributed by atoms with Gasteiger partial charge in [-0.1, -0.05) is 0 Å². The van der Waals surface area contributed by atoms with Gasteiger partial charge in [-0.2, -0.15) is 0 Å². The highest BCUT2D eigenvalue weighted by Crippen LogP contribution is 2.26. The largest absolute Gasteiger partial charge is 0.459 e. The number of thiazole rings is 1. The van der Waals surface area contributed by atoms with Crippen LogP contribution in [0.3, 0.4) is 0 Å². The topological polar surface area (TPSA) is 55.1 Å². The molecule has 3 rings (SSSR count). The number of benzene rings is 1. The molecule has 0 saturated carbocycles. The van der Waals surface area contributed by atoms with Crippen molar-refractivity contribution in [2.24, 2.45) is 0 Å². The molecule has 0 aliphatic rings. The smallest absolute Gasteiger partial charge is 0.275 e. The second-order valence-electron chi connectivity index (χ2n) is 4.53. The lowest BCUT2D eigenvalue weighted by Crippen LogP contribution is -2.13. The molecule has 0 unspecified atom stereocenters. The quantitative estimate of drug-likeness (QED) is 0.785. The van der Waals surface area contributed by atoms with Gasteiger partial charge in [0.15, 0.2) is 10.8 Å². The van der Waals surface area contributed by atoms with E-state index in [4.69, 9.17) is 4.42 Å². The van der Waals surface area contributed by atoms with Gasteiger partial charge in [0.05, 0.1) is 5.69 Å². The van der Waals surface area contributed by atoms with Crippen LogP contribution in [0, 0.1) is 18.6 Å². The lowest BCUT2D eigenvalue weighted by atomic mass is 10.3. The van der Waals surface area contributed by atoms with Gasteiger partial charge in [0, 0.05) is 11.4 Å². The molecule has 1 aromatic carbocycles. The van der Waals surface area contributed by atoms with Crippen LogP contribution in [0.1, 0.15) is 16.2 Å². The second kappa shape index (κ2) is 5.69. The van der Waals surface area contributed by atoms with Crippen LogP contribution in [-0.4, -0.2) is 10.9 Å². The molecule has 1 N–H and O–H groups in total. The Hall–Kier alpha value is -2.54. The Bertz CT molecular complexity index is 842. The zero-order chi connectivity index (χ0) is 15.7. The minimum Gasteiger partial charge on any atom is -0.459 e. The normalized spacial score (nSPS) is 10.7. The summed E-state index contributed by atoms with van der Waals surface area (Å²) in [6, 6.07) is 6.48. The summed E-state index contributed by atoms with van der Waals surface area (Å²) in [5.74, 6) is -0.819. The first kappa shape index (κ1) is 14.4. The minimum absolute atomic E-state index is 0.102. The Morgan fingerprint density at radius 3 is 2.77 bits per heavy atom. The van der Waals surface area contributed by atoms with Crippen molar-refractivity contribution in [2.75, 3.05) is 5.32 Å². The number of hydrogen-bond acceptors (Lipinski definition) is 4. The lowest BCUT2D eigenvalue weighted by Gasteiger charge is -2.04. The molecule has 0 aliphatic carbocycles. The number of nitrogens with one attached hydrogen (secondary N) is 1. The Kier molecular flexibility index (Phi) is 3.72. The van der Waals surface area contributed by atoms with E-state index in [1.807, 2.05) is 6.92 Å². The molecule has 0 fully saturated rings. The van der Waals surface area contributed by atoms with E-state index >= 15 is 0 Å². The van der Waals surface area contributed by atoms with Crippen molar-refractivity contribution in [3.63, 3.8) is 0 Å².